The standard InChI is InChI=1S/C52H50N2/c1-33-16-15-19-37(28-33)53(36-17-11-10-12-18-36)48-32-45-49(40-21-14-13-20-39(40)48)41-25-24-38(31-44(41)52(45,8)9)54-46-26-22-34(50(2,3)4)29-42(46)43-30-35(51(5,6)7)23-27-47(43)54/h10-32H,1-9H3. The quantitative estimate of drug-likeness (QED) is 0.177. The number of hydrogen-bond donors (Lipinski definition) is 0. The molecular weight excluding hydrogens is 653 g/mol. The Labute approximate surface area is 320 Å². The largest absolute Gasteiger partial charge is 0.310 e. The molecule has 1 heterocycles. The molecule has 2 nitrogen and oxygen atoms in total. The molecule has 0 bridgehead atoms. The van der Waals surface area contributed by atoms with Crippen LogP contribution in [0.15, 0.2) is 140 Å². The summed E-state index contributed by atoms with van der Waals surface area (Å²) in [6.45, 7) is 20.9. The summed E-state index contributed by atoms with van der Waals surface area (Å²) in [5, 5.41) is 5.18. The number of hydrogen-bond acceptors (Lipinski definition) is 1. The molecule has 7 aromatic carbocycles. The Morgan fingerprint density at radius 3 is 1.70 bits per heavy atom. The third-order valence-electron chi connectivity index (χ3n) is 11.9. The van der Waals surface area contributed by atoms with Gasteiger partial charge in [0, 0.05) is 38.6 Å². The maximum atomic E-state index is 2.50. The second-order valence-electron chi connectivity index (χ2n) is 18.0. The van der Waals surface area contributed by atoms with Crippen molar-refractivity contribution in [3.8, 4) is 16.8 Å². The van der Waals surface area contributed by atoms with Gasteiger partial charge in [0.1, 0.15) is 0 Å². The molecule has 0 saturated carbocycles. The molecule has 0 amide bonds. The molecule has 0 unspecified atom stereocenters. The third-order valence-corrected chi connectivity index (χ3v) is 11.9. The lowest BCUT2D eigenvalue weighted by molar-refractivity contribution is 0.590. The van der Waals surface area contributed by atoms with Gasteiger partial charge in [0.15, 0.2) is 0 Å². The monoisotopic (exact) mass is 702 g/mol. The Bertz CT molecular complexity index is 2690. The molecule has 0 radical (unpaired) electrons. The molecule has 9 rings (SSSR count). The summed E-state index contributed by atoms with van der Waals surface area (Å²) in [5.41, 5.74) is 16.5. The van der Waals surface area contributed by atoms with E-state index in [-0.39, 0.29) is 16.2 Å². The predicted octanol–water partition coefficient (Wildman–Crippen LogP) is 14.6. The van der Waals surface area contributed by atoms with E-state index >= 15 is 0 Å². The Morgan fingerprint density at radius 1 is 0.500 bits per heavy atom. The lowest BCUT2D eigenvalue weighted by Gasteiger charge is -2.30. The van der Waals surface area contributed by atoms with Crippen molar-refractivity contribution in [3.05, 3.63) is 167 Å². The molecule has 0 aliphatic heterocycles. The highest BCUT2D eigenvalue weighted by molar-refractivity contribution is 6.11. The summed E-state index contributed by atoms with van der Waals surface area (Å²) in [5.74, 6) is 0. The first-order valence-electron chi connectivity index (χ1n) is 19.4. The van der Waals surface area contributed by atoms with Crippen molar-refractivity contribution in [1.82, 2.24) is 4.57 Å². The Morgan fingerprint density at radius 2 is 1.09 bits per heavy atom. The van der Waals surface area contributed by atoms with Gasteiger partial charge in [-0.1, -0.05) is 128 Å². The number of para-hydroxylation sites is 1. The minimum absolute atomic E-state index is 0.0602. The van der Waals surface area contributed by atoms with Crippen LogP contribution in [0.25, 0.3) is 49.4 Å². The van der Waals surface area contributed by atoms with Crippen LogP contribution in [-0.4, -0.2) is 4.57 Å². The van der Waals surface area contributed by atoms with Gasteiger partial charge in [0.2, 0.25) is 0 Å². The molecule has 1 aliphatic rings. The first-order chi connectivity index (χ1) is 25.7. The van der Waals surface area contributed by atoms with Gasteiger partial charge in [-0.3, -0.25) is 0 Å². The zero-order chi connectivity index (χ0) is 37.7. The van der Waals surface area contributed by atoms with E-state index in [1.807, 2.05) is 0 Å². The van der Waals surface area contributed by atoms with Gasteiger partial charge in [-0.05, 0) is 129 Å². The Hall–Kier alpha value is -5.60. The molecule has 0 fully saturated rings. The molecule has 2 heteroatoms. The van der Waals surface area contributed by atoms with Crippen molar-refractivity contribution in [1.29, 1.82) is 0 Å². The molecule has 1 aliphatic carbocycles. The summed E-state index contributed by atoms with van der Waals surface area (Å²) in [7, 11) is 0. The van der Waals surface area contributed by atoms with E-state index in [2.05, 4.69) is 211 Å². The van der Waals surface area contributed by atoms with E-state index in [0.29, 0.717) is 0 Å². The fraction of sp³-hybridized carbons (Fsp3) is 0.231. The van der Waals surface area contributed by atoms with Crippen LogP contribution in [0.1, 0.15) is 83.2 Å². The van der Waals surface area contributed by atoms with Crippen LogP contribution in [0.3, 0.4) is 0 Å². The highest BCUT2D eigenvalue weighted by Gasteiger charge is 2.38. The van der Waals surface area contributed by atoms with Crippen molar-refractivity contribution in [3.63, 3.8) is 0 Å². The first kappa shape index (κ1) is 34.2. The SMILES string of the molecule is Cc1cccc(N(c2ccccc2)c2cc3c(c4ccccc24)-c2ccc(-n4c5ccc(C(C)(C)C)cc5c5cc(C(C)(C)C)ccc54)cc2C3(C)C)c1. The molecule has 0 atom stereocenters. The molecule has 0 N–H and O–H groups in total. The highest BCUT2D eigenvalue weighted by atomic mass is 15.1. The van der Waals surface area contributed by atoms with Crippen LogP contribution in [0.4, 0.5) is 17.1 Å². The number of aromatic nitrogens is 1. The average molecular weight is 703 g/mol. The third kappa shape index (κ3) is 5.29. The summed E-state index contributed by atoms with van der Waals surface area (Å²) in [6.07, 6.45) is 0. The maximum Gasteiger partial charge on any atom is 0.0543 e. The molecule has 1 aromatic heterocycles. The van der Waals surface area contributed by atoms with Crippen LogP contribution >= 0.6 is 0 Å². The number of anilines is 3. The molecule has 0 saturated heterocycles. The summed E-state index contributed by atoms with van der Waals surface area (Å²) in [6, 6.07) is 52.6. The van der Waals surface area contributed by atoms with E-state index in [9.17, 15) is 0 Å². The molecule has 0 spiro atoms. The van der Waals surface area contributed by atoms with E-state index in [0.717, 1.165) is 11.4 Å². The van der Waals surface area contributed by atoms with Crippen molar-refractivity contribution in [2.75, 3.05) is 4.90 Å². The normalized spacial score (nSPS) is 13.8. The van der Waals surface area contributed by atoms with Gasteiger partial charge in [0.25, 0.3) is 0 Å². The van der Waals surface area contributed by atoms with Gasteiger partial charge < -0.3 is 9.47 Å². The maximum absolute atomic E-state index is 2.50. The van der Waals surface area contributed by atoms with Crippen LogP contribution in [-0.2, 0) is 16.2 Å². The zero-order valence-electron chi connectivity index (χ0n) is 33.2. The first-order valence-corrected chi connectivity index (χ1v) is 19.4. The summed E-state index contributed by atoms with van der Waals surface area (Å²) in [4.78, 5) is 2.44. The molecular formula is C52H50N2. The van der Waals surface area contributed by atoms with Gasteiger partial charge in [-0.15, -0.1) is 0 Å². The van der Waals surface area contributed by atoms with E-state index in [1.54, 1.807) is 0 Å². The van der Waals surface area contributed by atoms with Crippen molar-refractivity contribution >= 4 is 49.6 Å². The summed E-state index contributed by atoms with van der Waals surface area (Å²) < 4.78 is 2.50. The second-order valence-corrected chi connectivity index (χ2v) is 18.0. The number of rotatable bonds is 4. The predicted molar refractivity (Wildman–Crippen MR) is 233 cm³/mol. The molecule has 54 heavy (non-hydrogen) atoms. The van der Waals surface area contributed by atoms with E-state index < -0.39 is 0 Å². The lowest BCUT2D eigenvalue weighted by atomic mass is 9.81. The Balaban J connectivity index is 1.27. The second kappa shape index (κ2) is 12.0. The van der Waals surface area contributed by atoms with Crippen molar-refractivity contribution in [2.45, 2.75) is 78.6 Å². The summed E-state index contributed by atoms with van der Waals surface area (Å²) >= 11 is 0. The van der Waals surface area contributed by atoms with E-state index in [1.165, 1.54) is 82.9 Å². The van der Waals surface area contributed by atoms with Gasteiger partial charge in [-0.2, -0.15) is 0 Å². The minimum atomic E-state index is -0.230. The Kier molecular flexibility index (Phi) is 7.57. The fourth-order valence-corrected chi connectivity index (χ4v) is 8.88. The zero-order valence-corrected chi connectivity index (χ0v) is 33.2. The van der Waals surface area contributed by atoms with E-state index in [4.69, 9.17) is 0 Å². The number of nitrogens with zero attached hydrogens (tertiary/aromatic N) is 2. The number of benzene rings is 7. The highest BCUT2D eigenvalue weighted by Crippen LogP contribution is 2.55. The average Bonchev–Trinajstić information content (AvgIpc) is 3.59. The van der Waals surface area contributed by atoms with Crippen LogP contribution in [0, 0.1) is 6.92 Å². The van der Waals surface area contributed by atoms with Gasteiger partial charge >= 0.3 is 0 Å². The van der Waals surface area contributed by atoms with Crippen LogP contribution < -0.4 is 4.90 Å². The topological polar surface area (TPSA) is 8.17 Å². The fourth-order valence-electron chi connectivity index (χ4n) is 8.88. The van der Waals surface area contributed by atoms with Crippen molar-refractivity contribution in [2.24, 2.45) is 0 Å². The van der Waals surface area contributed by atoms with Crippen molar-refractivity contribution < 1.29 is 0 Å². The lowest BCUT2D eigenvalue weighted by Crippen LogP contribution is -2.17. The molecule has 268 valence electrons. The molecule has 8 aromatic rings. The van der Waals surface area contributed by atoms with Crippen LogP contribution in [0.2, 0.25) is 0 Å². The smallest absolute Gasteiger partial charge is 0.0543 e. The van der Waals surface area contributed by atoms with Gasteiger partial charge in [-0.25, -0.2) is 0 Å². The number of aryl methyl sites for hydroxylation is 1. The van der Waals surface area contributed by atoms with Gasteiger partial charge in [0.05, 0.1) is 16.7 Å². The minimum Gasteiger partial charge on any atom is -0.310 e. The van der Waals surface area contributed by atoms with Crippen LogP contribution in [0.5, 0.6) is 0 Å². The number of fused-ring (bicyclic) bond motifs is 8.